The molecule has 1 rings (SSSR count). The van der Waals surface area contributed by atoms with Gasteiger partial charge in [-0.3, -0.25) is 24.6 Å². The second-order valence-electron chi connectivity index (χ2n) is 4.54. The SMILES string of the molecule is CCC(C)NC(=O)CN1C(=O)CNC(CC)C1=O. The summed E-state index contributed by atoms with van der Waals surface area (Å²) in [5.74, 6) is -0.945. The summed E-state index contributed by atoms with van der Waals surface area (Å²) in [6.07, 6.45) is 1.42. The average molecular weight is 255 g/mol. The minimum Gasteiger partial charge on any atom is -0.352 e. The molecule has 0 aliphatic carbocycles. The molecular weight excluding hydrogens is 234 g/mol. The van der Waals surface area contributed by atoms with Crippen LogP contribution in [0.5, 0.6) is 0 Å². The van der Waals surface area contributed by atoms with Gasteiger partial charge >= 0.3 is 0 Å². The highest BCUT2D eigenvalue weighted by molar-refractivity contribution is 6.03. The highest BCUT2D eigenvalue weighted by atomic mass is 16.2. The average Bonchev–Trinajstić information content (AvgIpc) is 2.34. The molecule has 0 aromatic carbocycles. The van der Waals surface area contributed by atoms with Crippen LogP contribution in [-0.2, 0) is 14.4 Å². The number of carbonyl (C=O) groups is 3. The predicted octanol–water partition coefficient (Wildman–Crippen LogP) is -0.362. The van der Waals surface area contributed by atoms with Crippen LogP contribution in [0.4, 0.5) is 0 Å². The number of hydrogen-bond donors (Lipinski definition) is 2. The number of hydrogen-bond acceptors (Lipinski definition) is 4. The molecule has 1 aliphatic heterocycles. The summed E-state index contributed by atoms with van der Waals surface area (Å²) < 4.78 is 0. The van der Waals surface area contributed by atoms with E-state index < -0.39 is 0 Å². The van der Waals surface area contributed by atoms with Crippen LogP contribution in [0.1, 0.15) is 33.6 Å². The van der Waals surface area contributed by atoms with Crippen LogP contribution in [-0.4, -0.2) is 47.8 Å². The maximum atomic E-state index is 11.9. The van der Waals surface area contributed by atoms with Crippen molar-refractivity contribution in [1.29, 1.82) is 0 Å². The lowest BCUT2D eigenvalue weighted by Crippen LogP contribution is -2.59. The monoisotopic (exact) mass is 255 g/mol. The molecule has 2 atom stereocenters. The molecule has 102 valence electrons. The van der Waals surface area contributed by atoms with Crippen molar-refractivity contribution in [1.82, 2.24) is 15.5 Å². The minimum absolute atomic E-state index is 0.0487. The Labute approximate surface area is 107 Å². The number of rotatable bonds is 5. The molecule has 6 heteroatoms. The van der Waals surface area contributed by atoms with Gasteiger partial charge in [-0.1, -0.05) is 13.8 Å². The van der Waals surface area contributed by atoms with Crippen LogP contribution < -0.4 is 10.6 Å². The van der Waals surface area contributed by atoms with Gasteiger partial charge in [0.15, 0.2) is 0 Å². The standard InChI is InChI=1S/C12H21N3O3/c1-4-8(3)14-10(16)7-15-11(17)6-13-9(5-2)12(15)18/h8-9,13H,4-7H2,1-3H3,(H,14,16). The summed E-state index contributed by atoms with van der Waals surface area (Å²) in [5, 5.41) is 5.60. The molecule has 0 aromatic heterocycles. The number of nitrogens with zero attached hydrogens (tertiary/aromatic N) is 1. The first-order valence-corrected chi connectivity index (χ1v) is 6.36. The second-order valence-corrected chi connectivity index (χ2v) is 4.54. The van der Waals surface area contributed by atoms with E-state index in [9.17, 15) is 14.4 Å². The van der Waals surface area contributed by atoms with Crippen molar-refractivity contribution >= 4 is 17.7 Å². The van der Waals surface area contributed by atoms with Crippen molar-refractivity contribution in [2.24, 2.45) is 0 Å². The molecule has 0 radical (unpaired) electrons. The van der Waals surface area contributed by atoms with Gasteiger partial charge in [-0.25, -0.2) is 0 Å². The number of carbonyl (C=O) groups excluding carboxylic acids is 3. The Balaban J connectivity index is 2.60. The van der Waals surface area contributed by atoms with Crippen LogP contribution in [0.2, 0.25) is 0 Å². The van der Waals surface area contributed by atoms with Gasteiger partial charge in [0, 0.05) is 6.04 Å². The van der Waals surface area contributed by atoms with Gasteiger partial charge in [0.1, 0.15) is 6.54 Å². The zero-order chi connectivity index (χ0) is 13.7. The van der Waals surface area contributed by atoms with E-state index >= 15 is 0 Å². The van der Waals surface area contributed by atoms with E-state index in [0.29, 0.717) is 6.42 Å². The third kappa shape index (κ3) is 3.53. The lowest BCUT2D eigenvalue weighted by atomic mass is 10.1. The summed E-state index contributed by atoms with van der Waals surface area (Å²) in [4.78, 5) is 36.3. The fourth-order valence-electron chi connectivity index (χ4n) is 1.76. The number of nitrogens with one attached hydrogen (secondary N) is 2. The van der Waals surface area contributed by atoms with Gasteiger partial charge in [-0.15, -0.1) is 0 Å². The van der Waals surface area contributed by atoms with E-state index in [4.69, 9.17) is 0 Å². The van der Waals surface area contributed by atoms with E-state index in [1.54, 1.807) is 0 Å². The molecule has 1 fully saturated rings. The molecule has 6 nitrogen and oxygen atoms in total. The van der Waals surface area contributed by atoms with Gasteiger partial charge < -0.3 is 5.32 Å². The highest BCUT2D eigenvalue weighted by Gasteiger charge is 2.33. The summed E-state index contributed by atoms with van der Waals surface area (Å²) in [7, 11) is 0. The van der Waals surface area contributed by atoms with Crippen LogP contribution in [0, 0.1) is 0 Å². The van der Waals surface area contributed by atoms with Crippen LogP contribution in [0.25, 0.3) is 0 Å². The molecule has 18 heavy (non-hydrogen) atoms. The Morgan fingerprint density at radius 3 is 2.72 bits per heavy atom. The molecule has 1 aliphatic rings. The predicted molar refractivity (Wildman–Crippen MR) is 66.7 cm³/mol. The summed E-state index contributed by atoms with van der Waals surface area (Å²) in [6.45, 7) is 5.64. The van der Waals surface area contributed by atoms with Gasteiger partial charge in [0.05, 0.1) is 12.6 Å². The maximum absolute atomic E-state index is 11.9. The van der Waals surface area contributed by atoms with Crippen molar-refractivity contribution in [2.45, 2.75) is 45.7 Å². The Hall–Kier alpha value is -1.43. The van der Waals surface area contributed by atoms with Crippen LogP contribution in [0.3, 0.4) is 0 Å². The fourth-order valence-corrected chi connectivity index (χ4v) is 1.76. The first kappa shape index (κ1) is 14.6. The summed E-state index contributed by atoms with van der Waals surface area (Å²) in [5.41, 5.74) is 0. The quantitative estimate of drug-likeness (QED) is 0.658. The van der Waals surface area contributed by atoms with Crippen molar-refractivity contribution < 1.29 is 14.4 Å². The van der Waals surface area contributed by atoms with Gasteiger partial charge in [-0.2, -0.15) is 0 Å². The molecular formula is C12H21N3O3. The Bertz CT molecular complexity index is 343. The van der Waals surface area contributed by atoms with Gasteiger partial charge in [0.2, 0.25) is 17.7 Å². The van der Waals surface area contributed by atoms with Crippen LogP contribution in [0.15, 0.2) is 0 Å². The molecule has 1 heterocycles. The molecule has 0 aromatic rings. The Morgan fingerprint density at radius 2 is 2.17 bits per heavy atom. The highest BCUT2D eigenvalue weighted by Crippen LogP contribution is 2.05. The van der Waals surface area contributed by atoms with E-state index in [1.807, 2.05) is 20.8 Å². The van der Waals surface area contributed by atoms with Crippen LogP contribution >= 0.6 is 0 Å². The van der Waals surface area contributed by atoms with Crippen molar-refractivity contribution in [2.75, 3.05) is 13.1 Å². The first-order valence-electron chi connectivity index (χ1n) is 6.36. The van der Waals surface area contributed by atoms with Gasteiger partial charge in [-0.05, 0) is 19.8 Å². The normalized spacial score (nSPS) is 21.9. The third-order valence-electron chi connectivity index (χ3n) is 3.09. The van der Waals surface area contributed by atoms with Crippen molar-refractivity contribution in [3.63, 3.8) is 0 Å². The molecule has 1 saturated heterocycles. The fraction of sp³-hybridized carbons (Fsp3) is 0.750. The zero-order valence-electron chi connectivity index (χ0n) is 11.2. The zero-order valence-corrected chi connectivity index (χ0v) is 11.2. The third-order valence-corrected chi connectivity index (χ3v) is 3.09. The van der Waals surface area contributed by atoms with E-state index in [-0.39, 0.29) is 42.9 Å². The Morgan fingerprint density at radius 1 is 1.50 bits per heavy atom. The smallest absolute Gasteiger partial charge is 0.246 e. The first-order chi connectivity index (χ1) is 8.49. The molecule has 0 spiro atoms. The van der Waals surface area contributed by atoms with Gasteiger partial charge in [0.25, 0.3) is 0 Å². The number of piperazine rings is 1. The lowest BCUT2D eigenvalue weighted by molar-refractivity contribution is -0.152. The largest absolute Gasteiger partial charge is 0.352 e. The summed E-state index contributed by atoms with van der Waals surface area (Å²) >= 11 is 0. The van der Waals surface area contributed by atoms with Crippen molar-refractivity contribution in [3.05, 3.63) is 0 Å². The maximum Gasteiger partial charge on any atom is 0.246 e. The number of imide groups is 1. The number of amides is 3. The van der Waals surface area contributed by atoms with E-state index in [1.165, 1.54) is 0 Å². The molecule has 3 amide bonds. The molecule has 0 saturated carbocycles. The summed E-state index contributed by atoms with van der Waals surface area (Å²) in [6, 6.07) is -0.313. The van der Waals surface area contributed by atoms with E-state index in [2.05, 4.69) is 10.6 Å². The topological polar surface area (TPSA) is 78.5 Å². The molecule has 2 unspecified atom stereocenters. The molecule has 2 N–H and O–H groups in total. The lowest BCUT2D eigenvalue weighted by Gasteiger charge is -2.30. The minimum atomic E-state index is -0.362. The second kappa shape index (κ2) is 6.49. The van der Waals surface area contributed by atoms with E-state index in [0.717, 1.165) is 11.3 Å². The van der Waals surface area contributed by atoms with Crippen molar-refractivity contribution in [3.8, 4) is 0 Å². The molecule has 0 bridgehead atoms. The Kier molecular flexibility index (Phi) is 5.27.